The first-order valence-electron chi connectivity index (χ1n) is 8.18. The van der Waals surface area contributed by atoms with Crippen molar-refractivity contribution in [3.05, 3.63) is 64.2 Å². The quantitative estimate of drug-likeness (QED) is 0.813. The van der Waals surface area contributed by atoms with Crippen LogP contribution < -0.4 is 9.62 Å². The smallest absolute Gasteiger partial charge is 0.241 e. The van der Waals surface area contributed by atoms with Crippen molar-refractivity contribution in [2.75, 3.05) is 17.1 Å². The maximum absolute atomic E-state index is 12.5. The molecule has 2 aromatic rings. The largest absolute Gasteiger partial charge is 0.348 e. The topological polar surface area (TPSA) is 66.5 Å². The van der Waals surface area contributed by atoms with E-state index in [1.807, 2.05) is 39.0 Å². The van der Waals surface area contributed by atoms with Crippen molar-refractivity contribution < 1.29 is 13.2 Å². The van der Waals surface area contributed by atoms with E-state index in [4.69, 9.17) is 11.6 Å². The Kier molecular flexibility index (Phi) is 6.31. The molecule has 0 aromatic heterocycles. The number of aryl methyl sites for hydroxylation is 2. The summed E-state index contributed by atoms with van der Waals surface area (Å²) in [5, 5.41) is 3.14. The first-order valence-corrected chi connectivity index (χ1v) is 10.4. The molecule has 2 rings (SSSR count). The summed E-state index contributed by atoms with van der Waals surface area (Å²) in [6.07, 6.45) is 1.05. The van der Waals surface area contributed by atoms with Gasteiger partial charge in [-0.2, -0.15) is 0 Å². The predicted molar refractivity (Wildman–Crippen MR) is 106 cm³/mol. The Balaban J connectivity index is 2.20. The molecule has 1 amide bonds. The SMILES string of the molecule is Cc1ccc(C)c(C(C)NC(=O)CN(c2ccccc2Cl)S(C)(=O)=O)c1. The van der Waals surface area contributed by atoms with E-state index in [1.165, 1.54) is 0 Å². The first kappa shape index (κ1) is 20.3. The van der Waals surface area contributed by atoms with Gasteiger partial charge in [-0.3, -0.25) is 9.10 Å². The number of sulfonamides is 1. The van der Waals surface area contributed by atoms with Crippen molar-refractivity contribution in [1.82, 2.24) is 5.32 Å². The Morgan fingerprint density at radius 1 is 1.19 bits per heavy atom. The molecule has 1 atom stereocenters. The fourth-order valence-electron chi connectivity index (χ4n) is 2.76. The van der Waals surface area contributed by atoms with Crippen LogP contribution in [0.2, 0.25) is 5.02 Å². The van der Waals surface area contributed by atoms with Crippen molar-refractivity contribution in [2.45, 2.75) is 26.8 Å². The lowest BCUT2D eigenvalue weighted by Gasteiger charge is -2.24. The molecule has 0 fully saturated rings. The van der Waals surface area contributed by atoms with Crippen LogP contribution in [0.1, 0.15) is 29.7 Å². The van der Waals surface area contributed by atoms with Crippen molar-refractivity contribution in [2.24, 2.45) is 0 Å². The second-order valence-corrected chi connectivity index (χ2v) is 8.68. The molecule has 1 unspecified atom stereocenters. The van der Waals surface area contributed by atoms with Gasteiger partial charge >= 0.3 is 0 Å². The van der Waals surface area contributed by atoms with Crippen molar-refractivity contribution in [1.29, 1.82) is 0 Å². The van der Waals surface area contributed by atoms with E-state index in [1.54, 1.807) is 24.3 Å². The number of halogens is 1. The minimum atomic E-state index is -3.66. The van der Waals surface area contributed by atoms with Gasteiger partial charge in [0.05, 0.1) is 23.0 Å². The molecule has 0 heterocycles. The molecular weight excluding hydrogens is 372 g/mol. The number of hydrogen-bond donors (Lipinski definition) is 1. The predicted octanol–water partition coefficient (Wildman–Crippen LogP) is 3.60. The molecule has 0 aliphatic rings. The summed E-state index contributed by atoms with van der Waals surface area (Å²) in [5.74, 6) is -0.399. The van der Waals surface area contributed by atoms with E-state index < -0.39 is 15.9 Å². The van der Waals surface area contributed by atoms with Gasteiger partial charge in [0.25, 0.3) is 0 Å². The molecule has 26 heavy (non-hydrogen) atoms. The molecule has 2 aromatic carbocycles. The van der Waals surface area contributed by atoms with Gasteiger partial charge in [-0.05, 0) is 44.0 Å². The zero-order valence-electron chi connectivity index (χ0n) is 15.3. The highest BCUT2D eigenvalue weighted by atomic mass is 35.5. The Morgan fingerprint density at radius 2 is 1.85 bits per heavy atom. The average Bonchev–Trinajstić information content (AvgIpc) is 2.54. The van der Waals surface area contributed by atoms with Crippen LogP contribution in [-0.4, -0.2) is 27.1 Å². The third-order valence-electron chi connectivity index (χ3n) is 4.09. The molecule has 7 heteroatoms. The molecule has 140 valence electrons. The molecule has 5 nitrogen and oxygen atoms in total. The number of nitrogens with one attached hydrogen (secondary N) is 1. The van der Waals surface area contributed by atoms with Gasteiger partial charge in [0.15, 0.2) is 0 Å². The van der Waals surface area contributed by atoms with Gasteiger partial charge in [-0.25, -0.2) is 8.42 Å². The Hall–Kier alpha value is -2.05. The molecule has 0 bridgehead atoms. The summed E-state index contributed by atoms with van der Waals surface area (Å²) >= 11 is 6.11. The van der Waals surface area contributed by atoms with Crippen molar-refractivity contribution in [3.63, 3.8) is 0 Å². The highest BCUT2D eigenvalue weighted by Crippen LogP contribution is 2.27. The normalized spacial score (nSPS) is 12.5. The number of hydrogen-bond acceptors (Lipinski definition) is 3. The maximum Gasteiger partial charge on any atom is 0.241 e. The lowest BCUT2D eigenvalue weighted by Crippen LogP contribution is -2.41. The van der Waals surface area contributed by atoms with Gasteiger partial charge < -0.3 is 5.32 Å². The second-order valence-electron chi connectivity index (χ2n) is 6.37. The molecule has 0 saturated carbocycles. The number of carbonyl (C=O) groups excluding carboxylic acids is 1. The molecule has 1 N–H and O–H groups in total. The Labute approximate surface area is 160 Å². The average molecular weight is 395 g/mol. The third-order valence-corrected chi connectivity index (χ3v) is 5.53. The monoisotopic (exact) mass is 394 g/mol. The van der Waals surface area contributed by atoms with Crippen LogP contribution in [-0.2, 0) is 14.8 Å². The van der Waals surface area contributed by atoms with Crippen LogP contribution in [0.4, 0.5) is 5.69 Å². The van der Waals surface area contributed by atoms with E-state index in [2.05, 4.69) is 5.32 Å². The van der Waals surface area contributed by atoms with Crippen LogP contribution >= 0.6 is 11.6 Å². The first-order chi connectivity index (χ1) is 12.1. The fourth-order valence-corrected chi connectivity index (χ4v) is 3.91. The standard InChI is InChI=1S/C19H23ClN2O3S/c1-13-9-10-14(2)16(11-13)15(3)21-19(23)12-22(26(4,24)25)18-8-6-5-7-17(18)20/h5-11,15H,12H2,1-4H3,(H,21,23). The third kappa shape index (κ3) is 4.99. The van der Waals surface area contributed by atoms with Crippen LogP contribution in [0.25, 0.3) is 0 Å². The van der Waals surface area contributed by atoms with Crippen LogP contribution in [0.3, 0.4) is 0 Å². The van der Waals surface area contributed by atoms with Crippen LogP contribution in [0.15, 0.2) is 42.5 Å². The summed E-state index contributed by atoms with van der Waals surface area (Å²) < 4.78 is 25.3. The maximum atomic E-state index is 12.5. The summed E-state index contributed by atoms with van der Waals surface area (Å²) in [7, 11) is -3.66. The highest BCUT2D eigenvalue weighted by molar-refractivity contribution is 7.92. The van der Waals surface area contributed by atoms with E-state index in [9.17, 15) is 13.2 Å². The van der Waals surface area contributed by atoms with E-state index >= 15 is 0 Å². The van der Waals surface area contributed by atoms with Gasteiger partial charge in [0, 0.05) is 0 Å². The Morgan fingerprint density at radius 3 is 2.46 bits per heavy atom. The molecule has 0 aliphatic heterocycles. The molecule has 0 saturated heterocycles. The number of anilines is 1. The van der Waals surface area contributed by atoms with Gasteiger partial charge in [0.2, 0.25) is 15.9 Å². The van der Waals surface area contributed by atoms with E-state index in [0.717, 1.165) is 27.3 Å². The number of benzene rings is 2. The summed E-state index contributed by atoms with van der Waals surface area (Å²) in [6.45, 7) is 5.50. The van der Waals surface area contributed by atoms with E-state index in [0.29, 0.717) is 0 Å². The van der Waals surface area contributed by atoms with Gasteiger partial charge in [0.1, 0.15) is 6.54 Å². The lowest BCUT2D eigenvalue weighted by atomic mass is 10.00. The highest BCUT2D eigenvalue weighted by Gasteiger charge is 2.23. The fraction of sp³-hybridized carbons (Fsp3) is 0.316. The van der Waals surface area contributed by atoms with Gasteiger partial charge in [-0.15, -0.1) is 0 Å². The van der Waals surface area contributed by atoms with E-state index in [-0.39, 0.29) is 23.3 Å². The van der Waals surface area contributed by atoms with Gasteiger partial charge in [-0.1, -0.05) is 47.5 Å². The Bertz CT molecular complexity index is 913. The summed E-state index contributed by atoms with van der Waals surface area (Å²) in [6, 6.07) is 12.3. The van der Waals surface area contributed by atoms with Crippen molar-refractivity contribution >= 4 is 33.2 Å². The zero-order valence-corrected chi connectivity index (χ0v) is 16.9. The number of para-hydroxylation sites is 1. The zero-order chi connectivity index (χ0) is 19.5. The number of carbonyl (C=O) groups is 1. The minimum absolute atomic E-state index is 0.241. The second kappa shape index (κ2) is 8.10. The number of amides is 1. The minimum Gasteiger partial charge on any atom is -0.348 e. The van der Waals surface area contributed by atoms with Crippen LogP contribution in [0, 0.1) is 13.8 Å². The molecule has 0 radical (unpaired) electrons. The molecule has 0 aliphatic carbocycles. The summed E-state index contributed by atoms with van der Waals surface area (Å²) in [5.41, 5.74) is 3.45. The summed E-state index contributed by atoms with van der Waals surface area (Å²) in [4.78, 5) is 12.5. The molecule has 0 spiro atoms. The number of nitrogens with zero attached hydrogens (tertiary/aromatic N) is 1. The molecular formula is C19H23ClN2O3S. The number of rotatable bonds is 6. The van der Waals surface area contributed by atoms with Crippen LogP contribution in [0.5, 0.6) is 0 Å². The lowest BCUT2D eigenvalue weighted by molar-refractivity contribution is -0.120. The van der Waals surface area contributed by atoms with Crippen molar-refractivity contribution in [3.8, 4) is 0 Å².